The Morgan fingerprint density at radius 2 is 2.04 bits per heavy atom. The van der Waals surface area contributed by atoms with Gasteiger partial charge in [-0.15, -0.1) is 0 Å². The lowest BCUT2D eigenvalue weighted by molar-refractivity contribution is -0.144. The van der Waals surface area contributed by atoms with Gasteiger partial charge in [0.05, 0.1) is 17.0 Å². The highest BCUT2D eigenvalue weighted by Crippen LogP contribution is 2.30. The van der Waals surface area contributed by atoms with Gasteiger partial charge in [-0.05, 0) is 49.9 Å². The van der Waals surface area contributed by atoms with Gasteiger partial charge in [0.15, 0.2) is 0 Å². The van der Waals surface area contributed by atoms with Crippen LogP contribution in [0.4, 0.5) is 4.39 Å². The summed E-state index contributed by atoms with van der Waals surface area (Å²) < 4.78 is 13.6. The van der Waals surface area contributed by atoms with Crippen LogP contribution in [0.2, 0.25) is 0 Å². The molecule has 0 unspecified atom stereocenters. The molecule has 1 aromatic carbocycles. The molecule has 0 radical (unpaired) electrons. The van der Waals surface area contributed by atoms with Gasteiger partial charge in [0.1, 0.15) is 5.82 Å². The maximum absolute atomic E-state index is 13.6. The standard InChI is InChI=1S/C19H21FN2O3/c1-11-8-16(15-9-13(20)6-7-17(15)22-11)18(23)21-10-12-4-2-3-5-14(12)19(24)25/h6-9,12,14H,2-5,10H2,1H3,(H,21,23)(H,24,25)/t12-,14-/m0/s1. The number of carbonyl (C=O) groups excluding carboxylic acids is 1. The molecule has 25 heavy (non-hydrogen) atoms. The van der Waals surface area contributed by atoms with Crippen molar-refractivity contribution in [3.05, 3.63) is 41.3 Å². The number of aromatic nitrogens is 1. The molecule has 1 aliphatic carbocycles. The highest BCUT2D eigenvalue weighted by molar-refractivity contribution is 6.06. The molecule has 3 rings (SSSR count). The smallest absolute Gasteiger partial charge is 0.306 e. The van der Waals surface area contributed by atoms with Crippen LogP contribution in [0.1, 0.15) is 41.7 Å². The molecule has 1 aliphatic rings. The molecule has 1 aromatic heterocycles. The van der Waals surface area contributed by atoms with Gasteiger partial charge in [-0.25, -0.2) is 4.39 Å². The number of benzene rings is 1. The second-order valence-corrected chi connectivity index (χ2v) is 6.67. The second-order valence-electron chi connectivity index (χ2n) is 6.67. The van der Waals surface area contributed by atoms with Crippen LogP contribution in [0.3, 0.4) is 0 Å². The van der Waals surface area contributed by atoms with E-state index in [1.807, 2.05) is 0 Å². The van der Waals surface area contributed by atoms with Gasteiger partial charge in [-0.2, -0.15) is 0 Å². The van der Waals surface area contributed by atoms with Crippen molar-refractivity contribution in [3.8, 4) is 0 Å². The van der Waals surface area contributed by atoms with Crippen molar-refractivity contribution < 1.29 is 19.1 Å². The summed E-state index contributed by atoms with van der Waals surface area (Å²) in [6.07, 6.45) is 3.34. The number of nitrogens with one attached hydrogen (secondary N) is 1. The Balaban J connectivity index is 1.80. The predicted molar refractivity (Wildman–Crippen MR) is 91.9 cm³/mol. The number of aliphatic carboxylic acids is 1. The molecule has 132 valence electrons. The lowest BCUT2D eigenvalue weighted by Gasteiger charge is -2.28. The highest BCUT2D eigenvalue weighted by atomic mass is 19.1. The zero-order valence-corrected chi connectivity index (χ0v) is 14.1. The number of aryl methyl sites for hydroxylation is 1. The minimum absolute atomic E-state index is 0.0684. The first-order chi connectivity index (χ1) is 12.0. The van der Waals surface area contributed by atoms with Crippen molar-refractivity contribution >= 4 is 22.8 Å². The van der Waals surface area contributed by atoms with Crippen molar-refractivity contribution in [2.24, 2.45) is 11.8 Å². The molecule has 2 aromatic rings. The van der Waals surface area contributed by atoms with Crippen molar-refractivity contribution in [1.82, 2.24) is 10.3 Å². The van der Waals surface area contributed by atoms with E-state index in [0.717, 1.165) is 19.3 Å². The topological polar surface area (TPSA) is 79.3 Å². The largest absolute Gasteiger partial charge is 0.481 e. The van der Waals surface area contributed by atoms with Crippen LogP contribution >= 0.6 is 0 Å². The molecular formula is C19H21FN2O3. The van der Waals surface area contributed by atoms with Crippen molar-refractivity contribution in [2.75, 3.05) is 6.54 Å². The number of hydrogen-bond donors (Lipinski definition) is 2. The van der Waals surface area contributed by atoms with Gasteiger partial charge in [-0.3, -0.25) is 14.6 Å². The Morgan fingerprint density at radius 3 is 2.80 bits per heavy atom. The third-order valence-corrected chi connectivity index (χ3v) is 4.89. The van der Waals surface area contributed by atoms with Gasteiger partial charge in [0, 0.05) is 17.6 Å². The first-order valence-corrected chi connectivity index (χ1v) is 8.53. The highest BCUT2D eigenvalue weighted by Gasteiger charge is 2.31. The predicted octanol–water partition coefficient (Wildman–Crippen LogP) is 3.30. The summed E-state index contributed by atoms with van der Waals surface area (Å²) in [4.78, 5) is 28.3. The van der Waals surface area contributed by atoms with Gasteiger partial charge in [-0.1, -0.05) is 12.8 Å². The summed E-state index contributed by atoms with van der Waals surface area (Å²) >= 11 is 0. The monoisotopic (exact) mass is 344 g/mol. The number of carboxylic acid groups (broad SMARTS) is 1. The lowest BCUT2D eigenvalue weighted by atomic mass is 9.79. The fourth-order valence-electron chi connectivity index (χ4n) is 3.61. The zero-order valence-electron chi connectivity index (χ0n) is 14.1. The number of fused-ring (bicyclic) bond motifs is 1. The number of hydrogen-bond acceptors (Lipinski definition) is 3. The number of nitrogens with zero attached hydrogens (tertiary/aromatic N) is 1. The first-order valence-electron chi connectivity index (χ1n) is 8.53. The molecule has 1 fully saturated rings. The van der Waals surface area contributed by atoms with Gasteiger partial charge >= 0.3 is 5.97 Å². The minimum Gasteiger partial charge on any atom is -0.481 e. The Labute approximate surface area is 145 Å². The van der Waals surface area contributed by atoms with E-state index in [4.69, 9.17) is 0 Å². The molecule has 2 N–H and O–H groups in total. The molecule has 6 heteroatoms. The number of pyridine rings is 1. The Hall–Kier alpha value is -2.50. The maximum atomic E-state index is 13.6. The molecule has 0 bridgehead atoms. The zero-order chi connectivity index (χ0) is 18.0. The normalized spacial score (nSPS) is 20.4. The molecular weight excluding hydrogens is 323 g/mol. The summed E-state index contributed by atoms with van der Waals surface area (Å²) in [6, 6.07) is 5.80. The van der Waals surface area contributed by atoms with Gasteiger partial charge in [0.25, 0.3) is 5.91 Å². The van der Waals surface area contributed by atoms with Crippen LogP contribution in [-0.2, 0) is 4.79 Å². The van der Waals surface area contributed by atoms with E-state index in [1.54, 1.807) is 19.1 Å². The Kier molecular flexibility index (Phi) is 4.97. The SMILES string of the molecule is Cc1cc(C(=O)NC[C@@H]2CCCC[C@@H]2C(=O)O)c2cc(F)ccc2n1. The van der Waals surface area contributed by atoms with Crippen LogP contribution in [0, 0.1) is 24.6 Å². The molecule has 1 heterocycles. The van der Waals surface area contributed by atoms with E-state index >= 15 is 0 Å². The van der Waals surface area contributed by atoms with Crippen LogP contribution in [0.5, 0.6) is 0 Å². The average molecular weight is 344 g/mol. The fraction of sp³-hybridized carbons (Fsp3) is 0.421. The van der Waals surface area contributed by atoms with Gasteiger partial charge in [0.2, 0.25) is 0 Å². The number of carboxylic acids is 1. The molecule has 1 amide bonds. The average Bonchev–Trinajstić information content (AvgIpc) is 2.59. The number of rotatable bonds is 4. The summed E-state index contributed by atoms with van der Waals surface area (Å²) in [5.41, 5.74) is 1.60. The third-order valence-electron chi connectivity index (χ3n) is 4.89. The lowest BCUT2D eigenvalue weighted by Crippen LogP contribution is -2.37. The second kappa shape index (κ2) is 7.17. The number of halogens is 1. The molecule has 2 atom stereocenters. The number of carbonyl (C=O) groups is 2. The Morgan fingerprint density at radius 1 is 1.28 bits per heavy atom. The summed E-state index contributed by atoms with van der Waals surface area (Å²) in [5, 5.41) is 12.6. The van der Waals surface area contributed by atoms with Crippen molar-refractivity contribution in [2.45, 2.75) is 32.6 Å². The Bertz CT molecular complexity index is 822. The fourth-order valence-corrected chi connectivity index (χ4v) is 3.61. The molecule has 5 nitrogen and oxygen atoms in total. The van der Waals surface area contributed by atoms with E-state index in [-0.39, 0.29) is 11.8 Å². The van der Waals surface area contributed by atoms with E-state index in [0.29, 0.717) is 35.1 Å². The van der Waals surface area contributed by atoms with E-state index in [9.17, 15) is 19.1 Å². The third kappa shape index (κ3) is 3.78. The molecule has 0 aliphatic heterocycles. The van der Waals surface area contributed by atoms with Crippen LogP contribution in [0.25, 0.3) is 10.9 Å². The summed E-state index contributed by atoms with van der Waals surface area (Å²) in [7, 11) is 0. The number of amides is 1. The molecule has 1 saturated carbocycles. The van der Waals surface area contributed by atoms with Crippen LogP contribution in [0.15, 0.2) is 24.3 Å². The summed E-state index contributed by atoms with van der Waals surface area (Å²) in [5.74, 6) is -2.03. The molecule has 0 spiro atoms. The first kappa shape index (κ1) is 17.3. The van der Waals surface area contributed by atoms with E-state index in [2.05, 4.69) is 10.3 Å². The van der Waals surface area contributed by atoms with Crippen LogP contribution in [-0.4, -0.2) is 28.5 Å². The van der Waals surface area contributed by atoms with Gasteiger partial charge < -0.3 is 10.4 Å². The molecule has 0 saturated heterocycles. The van der Waals surface area contributed by atoms with E-state index in [1.165, 1.54) is 12.1 Å². The minimum atomic E-state index is -0.800. The quantitative estimate of drug-likeness (QED) is 0.892. The summed E-state index contributed by atoms with van der Waals surface area (Å²) in [6.45, 7) is 2.09. The van der Waals surface area contributed by atoms with E-state index < -0.39 is 17.7 Å². The van der Waals surface area contributed by atoms with Crippen LogP contribution < -0.4 is 5.32 Å². The van der Waals surface area contributed by atoms with Crippen molar-refractivity contribution in [1.29, 1.82) is 0 Å². The van der Waals surface area contributed by atoms with Crippen molar-refractivity contribution in [3.63, 3.8) is 0 Å². The maximum Gasteiger partial charge on any atom is 0.306 e.